The highest BCUT2D eigenvalue weighted by Crippen LogP contribution is 2.32. The van der Waals surface area contributed by atoms with Gasteiger partial charge in [0.05, 0.1) is 12.6 Å². The number of ether oxygens (including phenoxy) is 1. The maximum absolute atomic E-state index is 13.1. The van der Waals surface area contributed by atoms with E-state index in [-0.39, 0.29) is 18.5 Å². The highest BCUT2D eigenvalue weighted by Gasteiger charge is 2.43. The summed E-state index contributed by atoms with van der Waals surface area (Å²) in [6.45, 7) is 2.80. The Morgan fingerprint density at radius 3 is 2.62 bits per heavy atom. The zero-order valence-corrected chi connectivity index (χ0v) is 16.3. The van der Waals surface area contributed by atoms with Crippen LogP contribution in [0.3, 0.4) is 0 Å². The van der Waals surface area contributed by atoms with Crippen LogP contribution in [0.25, 0.3) is 0 Å². The second kappa shape index (κ2) is 7.18. The van der Waals surface area contributed by atoms with E-state index in [1.54, 1.807) is 12.1 Å². The minimum atomic E-state index is -0.515. The van der Waals surface area contributed by atoms with Crippen LogP contribution in [0.4, 0.5) is 4.39 Å². The minimum absolute atomic E-state index is 0.0367. The molecule has 0 N–H and O–H groups in total. The van der Waals surface area contributed by atoms with Gasteiger partial charge in [-0.15, -0.1) is 0 Å². The molecule has 154 valence electrons. The largest absolute Gasteiger partial charge is 0.364 e. The van der Waals surface area contributed by atoms with E-state index in [4.69, 9.17) is 4.74 Å². The molecule has 2 aromatic rings. The van der Waals surface area contributed by atoms with Crippen molar-refractivity contribution in [2.45, 2.75) is 63.4 Å². The van der Waals surface area contributed by atoms with Crippen LogP contribution < -0.4 is 11.1 Å². The predicted molar refractivity (Wildman–Crippen MR) is 104 cm³/mol. The normalized spacial score (nSPS) is 25.0. The number of rotatable bonds is 3. The average Bonchev–Trinajstić information content (AvgIpc) is 3.38. The molecule has 3 aliphatic rings. The zero-order chi connectivity index (χ0) is 20.0. The molecule has 2 fully saturated rings. The number of hydrogen-bond acceptors (Lipinski definition) is 5. The molecule has 29 heavy (non-hydrogen) atoms. The Hall–Kier alpha value is -2.32. The molecule has 1 saturated carbocycles. The highest BCUT2D eigenvalue weighted by atomic mass is 19.1. The number of hydrogen-bond donors (Lipinski definition) is 0. The molecule has 1 aliphatic carbocycles. The summed E-state index contributed by atoms with van der Waals surface area (Å²) in [6, 6.07) is 6.55. The number of benzene rings is 1. The van der Waals surface area contributed by atoms with Crippen molar-refractivity contribution in [1.82, 2.24) is 19.2 Å². The quantitative estimate of drug-likeness (QED) is 0.736. The molecule has 1 saturated heterocycles. The van der Waals surface area contributed by atoms with Crippen LogP contribution in [0.5, 0.6) is 0 Å². The lowest BCUT2D eigenvalue weighted by Gasteiger charge is -2.35. The first-order valence-electron chi connectivity index (χ1n) is 10.4. The first kappa shape index (κ1) is 18.7. The van der Waals surface area contributed by atoms with Crippen LogP contribution in [0.2, 0.25) is 0 Å². The summed E-state index contributed by atoms with van der Waals surface area (Å²) in [5, 5.41) is 4.50. The van der Waals surface area contributed by atoms with Crippen molar-refractivity contribution in [3.05, 3.63) is 62.2 Å². The molecule has 0 unspecified atom stereocenters. The monoisotopic (exact) mass is 400 g/mol. The van der Waals surface area contributed by atoms with E-state index in [2.05, 4.69) is 10.00 Å². The van der Waals surface area contributed by atoms with Crippen LogP contribution in [-0.4, -0.2) is 37.9 Å². The van der Waals surface area contributed by atoms with E-state index < -0.39 is 16.7 Å². The van der Waals surface area contributed by atoms with Gasteiger partial charge >= 0.3 is 11.1 Å². The zero-order valence-electron chi connectivity index (χ0n) is 16.3. The Balaban J connectivity index is 1.35. The summed E-state index contributed by atoms with van der Waals surface area (Å²) >= 11 is 0. The number of likely N-dealkylation sites (tertiary alicyclic amines) is 1. The van der Waals surface area contributed by atoms with Crippen molar-refractivity contribution in [2.24, 2.45) is 0 Å². The van der Waals surface area contributed by atoms with Gasteiger partial charge in [0.2, 0.25) is 0 Å². The lowest BCUT2D eigenvalue weighted by Crippen LogP contribution is -2.53. The Morgan fingerprint density at radius 1 is 1.10 bits per heavy atom. The van der Waals surface area contributed by atoms with E-state index in [9.17, 15) is 14.0 Å². The molecule has 2 aliphatic heterocycles. The third-order valence-corrected chi connectivity index (χ3v) is 6.51. The summed E-state index contributed by atoms with van der Waals surface area (Å²) in [4.78, 5) is 27.7. The molecular formula is C21H25FN4O3. The Bertz CT molecular complexity index is 1030. The van der Waals surface area contributed by atoms with Crippen molar-refractivity contribution in [1.29, 1.82) is 0 Å². The summed E-state index contributed by atoms with van der Waals surface area (Å²) in [6.07, 6.45) is 4.73. The van der Waals surface area contributed by atoms with Crippen molar-refractivity contribution >= 4 is 0 Å². The topological polar surface area (TPSA) is 69.4 Å². The van der Waals surface area contributed by atoms with E-state index in [0.717, 1.165) is 44.2 Å². The summed E-state index contributed by atoms with van der Waals surface area (Å²) in [5.74, 6) is 0.304. The van der Waals surface area contributed by atoms with E-state index in [0.29, 0.717) is 25.5 Å². The first-order chi connectivity index (χ1) is 14.0. The third kappa shape index (κ3) is 3.44. The maximum Gasteiger partial charge on any atom is 0.332 e. The van der Waals surface area contributed by atoms with Crippen LogP contribution >= 0.6 is 0 Å². The minimum Gasteiger partial charge on any atom is -0.364 e. The summed E-state index contributed by atoms with van der Waals surface area (Å²) in [5.41, 5.74) is -0.441. The SMILES string of the molecule is O=c1c(=O)n2c(nn1C1CCCC1)CO[C@@]1(CCN(Cc3ccc(F)cc3)C1)C2. The van der Waals surface area contributed by atoms with Crippen molar-refractivity contribution in [2.75, 3.05) is 13.1 Å². The van der Waals surface area contributed by atoms with Gasteiger partial charge in [0.15, 0.2) is 5.82 Å². The molecule has 1 spiro atoms. The smallest absolute Gasteiger partial charge is 0.332 e. The van der Waals surface area contributed by atoms with Gasteiger partial charge in [-0.05, 0) is 37.0 Å². The van der Waals surface area contributed by atoms with Crippen LogP contribution in [0.1, 0.15) is 49.5 Å². The Labute approximate surface area is 167 Å². The van der Waals surface area contributed by atoms with Gasteiger partial charge in [0, 0.05) is 19.6 Å². The number of halogens is 1. The average molecular weight is 400 g/mol. The van der Waals surface area contributed by atoms with Crippen LogP contribution in [0, 0.1) is 5.82 Å². The number of nitrogens with zero attached hydrogens (tertiary/aromatic N) is 4. The summed E-state index contributed by atoms with van der Waals surface area (Å²) < 4.78 is 22.3. The molecule has 0 radical (unpaired) electrons. The fourth-order valence-electron chi connectivity index (χ4n) is 4.93. The number of aromatic nitrogens is 3. The van der Waals surface area contributed by atoms with Crippen molar-refractivity contribution in [3.8, 4) is 0 Å². The maximum atomic E-state index is 13.1. The molecule has 1 aromatic heterocycles. The molecule has 1 atom stereocenters. The molecule has 1 aromatic carbocycles. The molecule has 5 rings (SSSR count). The van der Waals surface area contributed by atoms with E-state index in [1.807, 2.05) is 0 Å². The van der Waals surface area contributed by atoms with Gasteiger partial charge in [-0.2, -0.15) is 5.10 Å². The van der Waals surface area contributed by atoms with E-state index >= 15 is 0 Å². The van der Waals surface area contributed by atoms with Gasteiger partial charge in [-0.25, -0.2) is 9.07 Å². The molecule has 7 nitrogen and oxygen atoms in total. The fourth-order valence-corrected chi connectivity index (χ4v) is 4.93. The molecule has 3 heterocycles. The highest BCUT2D eigenvalue weighted by molar-refractivity contribution is 5.16. The van der Waals surface area contributed by atoms with E-state index in [1.165, 1.54) is 21.4 Å². The van der Waals surface area contributed by atoms with Gasteiger partial charge < -0.3 is 4.74 Å². The van der Waals surface area contributed by atoms with Gasteiger partial charge in [-0.1, -0.05) is 25.0 Å². The lowest BCUT2D eigenvalue weighted by molar-refractivity contribution is -0.0860. The van der Waals surface area contributed by atoms with Crippen molar-refractivity contribution in [3.63, 3.8) is 0 Å². The van der Waals surface area contributed by atoms with Gasteiger partial charge in [0.1, 0.15) is 18.0 Å². The second-order valence-corrected chi connectivity index (χ2v) is 8.55. The fraction of sp³-hybridized carbons (Fsp3) is 0.571. The molecule has 0 amide bonds. The van der Waals surface area contributed by atoms with Crippen LogP contribution in [-0.2, 0) is 24.4 Å². The van der Waals surface area contributed by atoms with Crippen molar-refractivity contribution < 1.29 is 9.13 Å². The third-order valence-electron chi connectivity index (χ3n) is 6.51. The molecule has 8 heteroatoms. The van der Waals surface area contributed by atoms with Gasteiger partial charge in [-0.3, -0.25) is 19.1 Å². The van der Waals surface area contributed by atoms with Gasteiger partial charge in [0.25, 0.3) is 0 Å². The first-order valence-corrected chi connectivity index (χ1v) is 10.4. The lowest BCUT2D eigenvalue weighted by atomic mass is 10.0. The standard InChI is InChI=1S/C21H25FN4O3/c22-16-7-5-15(6-8-16)11-24-10-9-21(13-24)14-25-18(12-29-21)23-26(20(28)19(25)27)17-3-1-2-4-17/h5-8,17H,1-4,9-14H2/t21-/m1/s1. The Morgan fingerprint density at radius 2 is 1.86 bits per heavy atom. The predicted octanol–water partition coefficient (Wildman–Crippen LogP) is 1.83. The summed E-state index contributed by atoms with van der Waals surface area (Å²) in [7, 11) is 0. The Kier molecular flexibility index (Phi) is 4.63. The number of fused-ring (bicyclic) bond motifs is 1. The van der Waals surface area contributed by atoms with Crippen LogP contribution in [0.15, 0.2) is 33.9 Å². The second-order valence-electron chi connectivity index (χ2n) is 8.55. The molecule has 0 bridgehead atoms. The molecular weight excluding hydrogens is 375 g/mol.